The largest absolute Gasteiger partial charge is 0.491 e. The van der Waals surface area contributed by atoms with E-state index in [-0.39, 0.29) is 30.1 Å². The zero-order chi connectivity index (χ0) is 21.3. The number of nitrogens with zero attached hydrogens (tertiary/aromatic N) is 3. The van der Waals surface area contributed by atoms with Gasteiger partial charge in [-0.15, -0.1) is 24.0 Å². The molecular weight excluding hydrogens is 501 g/mol. The Morgan fingerprint density at radius 2 is 1.77 bits per heavy atom. The molecule has 2 aromatic carbocycles. The van der Waals surface area contributed by atoms with Gasteiger partial charge in [-0.2, -0.15) is 0 Å². The molecule has 31 heavy (non-hydrogen) atoms. The van der Waals surface area contributed by atoms with E-state index in [1.54, 1.807) is 13.2 Å². The van der Waals surface area contributed by atoms with Crippen LogP contribution in [0.25, 0.3) is 0 Å². The van der Waals surface area contributed by atoms with Crippen LogP contribution in [0.2, 0.25) is 0 Å². The lowest BCUT2D eigenvalue weighted by atomic mass is 10.1. The molecule has 0 atom stereocenters. The summed E-state index contributed by atoms with van der Waals surface area (Å²) in [4.78, 5) is 8.42. The van der Waals surface area contributed by atoms with Gasteiger partial charge in [-0.25, -0.2) is 4.98 Å². The number of hydrogen-bond donors (Lipinski definition) is 2. The van der Waals surface area contributed by atoms with Gasteiger partial charge in [0, 0.05) is 44.6 Å². The number of ether oxygens (including phenoxy) is 1. The molecule has 0 aliphatic rings. The quantitative estimate of drug-likeness (QED) is 0.254. The molecule has 0 spiro atoms. The van der Waals surface area contributed by atoms with E-state index >= 15 is 0 Å². The molecule has 1 aromatic heterocycles. The maximum atomic E-state index is 5.96. The van der Waals surface area contributed by atoms with Crippen molar-refractivity contribution in [2.75, 3.05) is 7.05 Å². The predicted octanol–water partition coefficient (Wildman–Crippen LogP) is 4.51. The van der Waals surface area contributed by atoms with Crippen LogP contribution in [-0.4, -0.2) is 28.7 Å². The number of hydrogen-bond acceptors (Lipinski definition) is 3. The molecule has 0 aliphatic carbocycles. The van der Waals surface area contributed by atoms with Crippen LogP contribution in [0.3, 0.4) is 0 Å². The Bertz CT molecular complexity index is 953. The second-order valence-corrected chi connectivity index (χ2v) is 7.61. The van der Waals surface area contributed by atoms with E-state index in [0.29, 0.717) is 13.1 Å². The van der Waals surface area contributed by atoms with Crippen molar-refractivity contribution in [3.8, 4) is 5.75 Å². The van der Waals surface area contributed by atoms with Crippen LogP contribution in [0, 0.1) is 6.92 Å². The Morgan fingerprint density at radius 1 is 1.06 bits per heavy atom. The molecule has 0 fully saturated rings. The highest BCUT2D eigenvalue weighted by atomic mass is 127. The van der Waals surface area contributed by atoms with Crippen LogP contribution < -0.4 is 15.4 Å². The number of rotatable bonds is 8. The van der Waals surface area contributed by atoms with Crippen LogP contribution in [0.4, 0.5) is 0 Å². The summed E-state index contributed by atoms with van der Waals surface area (Å²) < 4.78 is 8.02. The van der Waals surface area contributed by atoms with E-state index in [1.807, 2.05) is 26.4 Å². The lowest BCUT2D eigenvalue weighted by Gasteiger charge is -2.17. The minimum absolute atomic E-state index is 0. The first-order valence-corrected chi connectivity index (χ1v) is 10.3. The summed E-state index contributed by atoms with van der Waals surface area (Å²) in [7, 11) is 1.78. The molecule has 0 amide bonds. The fourth-order valence-corrected chi connectivity index (χ4v) is 3.11. The summed E-state index contributed by atoms with van der Waals surface area (Å²) in [6, 6.07) is 14.9. The number of aliphatic imine (C=N–C) groups is 1. The number of benzene rings is 2. The maximum absolute atomic E-state index is 5.96. The van der Waals surface area contributed by atoms with Gasteiger partial charge in [0.25, 0.3) is 0 Å². The van der Waals surface area contributed by atoms with Crippen molar-refractivity contribution in [1.82, 2.24) is 20.2 Å². The van der Waals surface area contributed by atoms with Gasteiger partial charge in [-0.1, -0.05) is 36.4 Å². The molecule has 7 heteroatoms. The van der Waals surface area contributed by atoms with E-state index in [1.165, 1.54) is 16.7 Å². The van der Waals surface area contributed by atoms with Crippen molar-refractivity contribution in [2.24, 2.45) is 4.99 Å². The van der Waals surface area contributed by atoms with Crippen molar-refractivity contribution in [2.45, 2.75) is 46.5 Å². The fourth-order valence-electron chi connectivity index (χ4n) is 3.11. The molecule has 0 unspecified atom stereocenters. The first kappa shape index (κ1) is 24.7. The van der Waals surface area contributed by atoms with Crippen LogP contribution in [0.1, 0.15) is 36.1 Å². The fraction of sp³-hybridized carbons (Fsp3) is 0.333. The molecule has 6 nitrogen and oxygen atoms in total. The first-order chi connectivity index (χ1) is 14.5. The number of guanidine groups is 1. The maximum Gasteiger partial charge on any atom is 0.191 e. The topological polar surface area (TPSA) is 63.5 Å². The SMILES string of the molecule is CN=C(NCc1ccc(Cn2ccnc2)cc1)NCc1ccc(C)cc1OC(C)C.I. The van der Waals surface area contributed by atoms with Gasteiger partial charge < -0.3 is 19.9 Å². The van der Waals surface area contributed by atoms with Gasteiger partial charge in [0.15, 0.2) is 5.96 Å². The third-order valence-electron chi connectivity index (χ3n) is 4.66. The highest BCUT2D eigenvalue weighted by molar-refractivity contribution is 14.0. The zero-order valence-corrected chi connectivity index (χ0v) is 21.0. The number of aromatic nitrogens is 2. The van der Waals surface area contributed by atoms with E-state index in [2.05, 4.69) is 74.6 Å². The molecular formula is C24H32IN5O. The molecule has 166 valence electrons. The number of aryl methyl sites for hydroxylation is 1. The van der Waals surface area contributed by atoms with E-state index in [0.717, 1.165) is 23.8 Å². The second-order valence-electron chi connectivity index (χ2n) is 7.61. The smallest absolute Gasteiger partial charge is 0.191 e. The minimum Gasteiger partial charge on any atom is -0.491 e. The van der Waals surface area contributed by atoms with E-state index < -0.39 is 0 Å². The third-order valence-corrected chi connectivity index (χ3v) is 4.66. The van der Waals surface area contributed by atoms with Gasteiger partial charge in [0.05, 0.1) is 12.4 Å². The van der Waals surface area contributed by atoms with Crippen molar-refractivity contribution in [3.05, 3.63) is 83.4 Å². The molecule has 3 rings (SSSR count). The zero-order valence-electron chi connectivity index (χ0n) is 18.6. The normalized spacial score (nSPS) is 11.2. The van der Waals surface area contributed by atoms with Gasteiger partial charge in [-0.3, -0.25) is 4.99 Å². The monoisotopic (exact) mass is 533 g/mol. The summed E-state index contributed by atoms with van der Waals surface area (Å²) in [5.41, 5.74) is 4.75. The average Bonchev–Trinajstić information content (AvgIpc) is 3.23. The summed E-state index contributed by atoms with van der Waals surface area (Å²) >= 11 is 0. The van der Waals surface area contributed by atoms with Crippen molar-refractivity contribution >= 4 is 29.9 Å². The third kappa shape index (κ3) is 7.90. The highest BCUT2D eigenvalue weighted by Gasteiger charge is 2.07. The Kier molecular flexibility index (Phi) is 9.84. The highest BCUT2D eigenvalue weighted by Crippen LogP contribution is 2.21. The molecule has 0 saturated heterocycles. The van der Waals surface area contributed by atoms with Crippen molar-refractivity contribution < 1.29 is 4.74 Å². The molecule has 0 radical (unpaired) electrons. The van der Waals surface area contributed by atoms with E-state index in [4.69, 9.17) is 4.74 Å². The number of halogens is 1. The van der Waals surface area contributed by atoms with Crippen LogP contribution in [-0.2, 0) is 19.6 Å². The van der Waals surface area contributed by atoms with Crippen LogP contribution in [0.5, 0.6) is 5.75 Å². The molecule has 3 aromatic rings. The van der Waals surface area contributed by atoms with Crippen molar-refractivity contribution in [3.63, 3.8) is 0 Å². The molecule has 0 bridgehead atoms. The second kappa shape index (κ2) is 12.3. The average molecular weight is 533 g/mol. The van der Waals surface area contributed by atoms with Gasteiger partial charge in [0.1, 0.15) is 5.75 Å². The van der Waals surface area contributed by atoms with Gasteiger partial charge >= 0.3 is 0 Å². The Hall–Kier alpha value is -2.55. The van der Waals surface area contributed by atoms with Crippen molar-refractivity contribution in [1.29, 1.82) is 0 Å². The molecule has 0 aliphatic heterocycles. The molecule has 1 heterocycles. The predicted molar refractivity (Wildman–Crippen MR) is 137 cm³/mol. The number of nitrogens with one attached hydrogen (secondary N) is 2. The standard InChI is InChI=1S/C24H31N5O.HI/c1-18(2)30-23-13-19(3)5-10-22(23)15-28-24(25-4)27-14-20-6-8-21(9-7-20)16-29-12-11-26-17-29;/h5-13,17-18H,14-16H2,1-4H3,(H2,25,27,28);1H. The Labute approximate surface area is 202 Å². The Balaban J connectivity index is 0.00000341. The lowest BCUT2D eigenvalue weighted by molar-refractivity contribution is 0.239. The summed E-state index contributed by atoms with van der Waals surface area (Å²) in [5, 5.41) is 6.75. The summed E-state index contributed by atoms with van der Waals surface area (Å²) in [6.07, 6.45) is 5.73. The van der Waals surface area contributed by atoms with E-state index in [9.17, 15) is 0 Å². The van der Waals surface area contributed by atoms with Crippen LogP contribution >= 0.6 is 24.0 Å². The molecule has 0 saturated carbocycles. The summed E-state index contributed by atoms with van der Waals surface area (Å²) in [5.74, 6) is 1.68. The first-order valence-electron chi connectivity index (χ1n) is 10.3. The Morgan fingerprint density at radius 3 is 2.42 bits per heavy atom. The minimum atomic E-state index is 0. The molecule has 2 N–H and O–H groups in total. The summed E-state index contributed by atoms with van der Waals surface area (Å²) in [6.45, 7) is 8.33. The van der Waals surface area contributed by atoms with Crippen LogP contribution in [0.15, 0.2) is 66.2 Å². The van der Waals surface area contributed by atoms with Gasteiger partial charge in [-0.05, 0) is 43.5 Å². The van der Waals surface area contributed by atoms with Gasteiger partial charge in [0.2, 0.25) is 0 Å². The number of imidazole rings is 1. The lowest BCUT2D eigenvalue weighted by Crippen LogP contribution is -2.36.